The summed E-state index contributed by atoms with van der Waals surface area (Å²) < 4.78 is 11.9. The van der Waals surface area contributed by atoms with Gasteiger partial charge in [0.2, 0.25) is 0 Å². The van der Waals surface area contributed by atoms with Gasteiger partial charge in [-0.3, -0.25) is 4.98 Å². The molecule has 3 aromatic rings. The second-order valence-corrected chi connectivity index (χ2v) is 12.8. The third-order valence-corrected chi connectivity index (χ3v) is 8.54. The van der Waals surface area contributed by atoms with Crippen molar-refractivity contribution in [3.8, 4) is 11.5 Å². The highest BCUT2D eigenvalue weighted by atomic mass is 16.5. The number of aromatic amines is 1. The number of nitrogens with zero attached hydrogens (tertiary/aromatic N) is 1. The number of H-pyrrole nitrogens is 1. The van der Waals surface area contributed by atoms with Crippen LogP contribution in [-0.2, 0) is 0 Å². The summed E-state index contributed by atoms with van der Waals surface area (Å²) in [5.41, 5.74) is 1.27. The van der Waals surface area contributed by atoms with E-state index in [4.69, 9.17) is 9.47 Å². The van der Waals surface area contributed by atoms with Crippen molar-refractivity contribution in [3.05, 3.63) is 65.1 Å². The molecule has 0 saturated carbocycles. The van der Waals surface area contributed by atoms with Crippen molar-refractivity contribution in [2.24, 2.45) is 0 Å². The lowest BCUT2D eigenvalue weighted by Crippen LogP contribution is -2.14. The number of aromatic nitrogens is 2. The van der Waals surface area contributed by atoms with Gasteiger partial charge in [0.05, 0.1) is 13.2 Å². The van der Waals surface area contributed by atoms with Gasteiger partial charge in [-0.05, 0) is 61.4 Å². The van der Waals surface area contributed by atoms with Gasteiger partial charge in [-0.2, -0.15) is 4.98 Å². The molecule has 0 aliphatic rings. The second kappa shape index (κ2) is 24.7. The molecule has 47 heavy (non-hydrogen) atoms. The smallest absolute Gasteiger partial charge is 0.348 e. The van der Waals surface area contributed by atoms with E-state index in [0.717, 1.165) is 48.9 Å². The maximum atomic E-state index is 12.3. The fraction of sp³-hybridized carbons (Fsp3) is 0.600. The SMILES string of the molecule is CCCCCCCCCCCCOc1ccc(Nc2cc(Nc3ccc(OCCCCCCCCCCCC)cc3)[nH]c(=O)n2)cc1. The molecule has 3 N–H and O–H groups in total. The largest absolute Gasteiger partial charge is 0.494 e. The molecular formula is C40H62N4O3. The molecular weight excluding hydrogens is 584 g/mol. The summed E-state index contributed by atoms with van der Waals surface area (Å²) in [4.78, 5) is 19.1. The number of anilines is 4. The summed E-state index contributed by atoms with van der Waals surface area (Å²) in [6, 6.07) is 17.4. The molecule has 0 unspecified atom stereocenters. The minimum atomic E-state index is -0.426. The van der Waals surface area contributed by atoms with Gasteiger partial charge >= 0.3 is 5.69 Å². The van der Waals surface area contributed by atoms with Gasteiger partial charge in [0.25, 0.3) is 0 Å². The average Bonchev–Trinajstić information content (AvgIpc) is 3.07. The molecule has 7 nitrogen and oxygen atoms in total. The lowest BCUT2D eigenvalue weighted by molar-refractivity contribution is 0.304. The molecule has 0 aliphatic carbocycles. The average molecular weight is 647 g/mol. The van der Waals surface area contributed by atoms with Crippen molar-refractivity contribution in [1.29, 1.82) is 0 Å². The first-order valence-corrected chi connectivity index (χ1v) is 18.8. The summed E-state index contributed by atoms with van der Waals surface area (Å²) in [6.07, 6.45) is 26.3. The Morgan fingerprint density at radius 2 is 0.915 bits per heavy atom. The van der Waals surface area contributed by atoms with Crippen LogP contribution in [0.3, 0.4) is 0 Å². The van der Waals surface area contributed by atoms with Gasteiger partial charge in [-0.1, -0.05) is 129 Å². The lowest BCUT2D eigenvalue weighted by atomic mass is 10.1. The van der Waals surface area contributed by atoms with Crippen molar-refractivity contribution in [1.82, 2.24) is 9.97 Å². The first-order valence-electron chi connectivity index (χ1n) is 18.8. The number of benzene rings is 2. The molecule has 0 atom stereocenters. The molecule has 2 aromatic carbocycles. The van der Waals surface area contributed by atoms with Crippen LogP contribution < -0.4 is 25.8 Å². The van der Waals surface area contributed by atoms with Crippen LogP contribution in [0.4, 0.5) is 23.0 Å². The minimum Gasteiger partial charge on any atom is -0.494 e. The van der Waals surface area contributed by atoms with E-state index in [1.54, 1.807) is 6.07 Å². The topological polar surface area (TPSA) is 88.3 Å². The first kappa shape index (κ1) is 38.0. The molecule has 0 saturated heterocycles. The van der Waals surface area contributed by atoms with Crippen LogP contribution in [0.15, 0.2) is 59.4 Å². The Kier molecular flexibility index (Phi) is 19.9. The van der Waals surface area contributed by atoms with E-state index in [2.05, 4.69) is 34.4 Å². The normalized spacial score (nSPS) is 11.0. The summed E-state index contributed by atoms with van der Waals surface area (Å²) in [6.45, 7) is 6.01. The summed E-state index contributed by atoms with van der Waals surface area (Å²) >= 11 is 0. The maximum absolute atomic E-state index is 12.3. The van der Waals surface area contributed by atoms with Crippen LogP contribution in [0.1, 0.15) is 142 Å². The van der Waals surface area contributed by atoms with Crippen molar-refractivity contribution in [2.45, 2.75) is 142 Å². The Bertz CT molecular complexity index is 1150. The van der Waals surface area contributed by atoms with Gasteiger partial charge in [0.15, 0.2) is 0 Å². The molecule has 1 heterocycles. The zero-order valence-electron chi connectivity index (χ0n) is 29.4. The Hall–Kier alpha value is -3.48. The number of unbranched alkanes of at least 4 members (excludes halogenated alkanes) is 18. The molecule has 3 rings (SSSR count). The quantitative estimate of drug-likeness (QED) is 0.0680. The summed E-state index contributed by atoms with van der Waals surface area (Å²) in [7, 11) is 0. The molecule has 0 amide bonds. The fourth-order valence-corrected chi connectivity index (χ4v) is 5.72. The van der Waals surface area contributed by atoms with E-state index in [-0.39, 0.29) is 0 Å². The van der Waals surface area contributed by atoms with Crippen LogP contribution in [0.25, 0.3) is 0 Å². The van der Waals surface area contributed by atoms with Crippen molar-refractivity contribution in [2.75, 3.05) is 23.8 Å². The van der Waals surface area contributed by atoms with E-state index in [0.29, 0.717) is 11.6 Å². The monoisotopic (exact) mass is 646 g/mol. The highest BCUT2D eigenvalue weighted by molar-refractivity contribution is 5.63. The van der Waals surface area contributed by atoms with Crippen LogP contribution >= 0.6 is 0 Å². The number of nitrogens with one attached hydrogen (secondary N) is 3. The van der Waals surface area contributed by atoms with E-state index < -0.39 is 5.69 Å². The zero-order chi connectivity index (χ0) is 33.2. The minimum absolute atomic E-state index is 0.426. The molecule has 0 radical (unpaired) electrons. The Balaban J connectivity index is 1.30. The Labute approximate surface area is 284 Å². The third kappa shape index (κ3) is 17.9. The lowest BCUT2D eigenvalue weighted by Gasteiger charge is -2.11. The fourth-order valence-electron chi connectivity index (χ4n) is 5.72. The van der Waals surface area contributed by atoms with Crippen LogP contribution in [0, 0.1) is 0 Å². The van der Waals surface area contributed by atoms with Gasteiger partial charge in [-0.25, -0.2) is 4.79 Å². The Morgan fingerprint density at radius 1 is 0.532 bits per heavy atom. The van der Waals surface area contributed by atoms with E-state index in [1.807, 2.05) is 48.5 Å². The second-order valence-electron chi connectivity index (χ2n) is 12.8. The van der Waals surface area contributed by atoms with E-state index in [1.165, 1.54) is 116 Å². The zero-order valence-corrected chi connectivity index (χ0v) is 29.4. The van der Waals surface area contributed by atoms with E-state index >= 15 is 0 Å². The number of ether oxygens (including phenoxy) is 2. The number of rotatable bonds is 28. The van der Waals surface area contributed by atoms with Crippen molar-refractivity contribution >= 4 is 23.0 Å². The maximum Gasteiger partial charge on any atom is 0.348 e. The molecule has 0 bridgehead atoms. The van der Waals surface area contributed by atoms with Crippen molar-refractivity contribution < 1.29 is 9.47 Å². The Morgan fingerprint density at radius 3 is 1.34 bits per heavy atom. The summed E-state index contributed by atoms with van der Waals surface area (Å²) in [5, 5.41) is 6.49. The molecule has 1 aromatic heterocycles. The van der Waals surface area contributed by atoms with Gasteiger partial charge in [0, 0.05) is 17.4 Å². The molecule has 0 aliphatic heterocycles. The highest BCUT2D eigenvalue weighted by Crippen LogP contribution is 2.23. The van der Waals surface area contributed by atoms with E-state index in [9.17, 15) is 4.79 Å². The highest BCUT2D eigenvalue weighted by Gasteiger charge is 2.05. The predicted octanol–water partition coefficient (Wildman–Crippen LogP) is 11.9. The van der Waals surface area contributed by atoms with Gasteiger partial charge in [-0.15, -0.1) is 0 Å². The van der Waals surface area contributed by atoms with Crippen LogP contribution in [0.2, 0.25) is 0 Å². The first-order chi connectivity index (χ1) is 23.2. The van der Waals surface area contributed by atoms with Crippen molar-refractivity contribution in [3.63, 3.8) is 0 Å². The summed E-state index contributed by atoms with van der Waals surface area (Å²) in [5.74, 6) is 2.73. The van der Waals surface area contributed by atoms with Gasteiger partial charge < -0.3 is 20.1 Å². The molecule has 0 fully saturated rings. The van der Waals surface area contributed by atoms with Crippen LogP contribution in [-0.4, -0.2) is 23.2 Å². The predicted molar refractivity (Wildman–Crippen MR) is 199 cm³/mol. The molecule has 7 heteroatoms. The molecule has 260 valence electrons. The van der Waals surface area contributed by atoms with Crippen LogP contribution in [0.5, 0.6) is 11.5 Å². The molecule has 0 spiro atoms. The third-order valence-electron chi connectivity index (χ3n) is 8.54. The number of hydrogen-bond acceptors (Lipinski definition) is 6. The van der Waals surface area contributed by atoms with Gasteiger partial charge in [0.1, 0.15) is 23.1 Å². The number of hydrogen-bond donors (Lipinski definition) is 3. The standard InChI is InChI=1S/C40H62N4O3/c1-3-5-7-9-11-13-15-17-19-21-31-46-36-27-23-34(24-28-36)41-38-33-39(44-40(45)43-38)42-35-25-29-37(30-26-35)47-32-22-20-18-16-14-12-10-8-6-4-2/h23-30,33H,3-22,31-32H2,1-2H3,(H3,41,42,43,44,45).